The summed E-state index contributed by atoms with van der Waals surface area (Å²) in [4.78, 5) is 24.3. The van der Waals surface area contributed by atoms with Gasteiger partial charge in [0.2, 0.25) is 0 Å². The number of hydrogen-bond donors (Lipinski definition) is 2. The number of carboxylic acid groups (broad SMARTS) is 1. The van der Waals surface area contributed by atoms with Crippen LogP contribution in [0.25, 0.3) is 0 Å². The predicted octanol–water partition coefficient (Wildman–Crippen LogP) is 1.70. The van der Waals surface area contributed by atoms with Crippen molar-refractivity contribution in [1.29, 1.82) is 0 Å². The van der Waals surface area contributed by atoms with Gasteiger partial charge in [0.25, 0.3) is 0 Å². The molecule has 0 bridgehead atoms. The van der Waals surface area contributed by atoms with Crippen molar-refractivity contribution in [3.8, 4) is 0 Å². The SMILES string of the molecule is CCN(CC(C)C(=O)O)C(=O)NCCC1CCCCO1. The van der Waals surface area contributed by atoms with Crippen LogP contribution in [-0.2, 0) is 9.53 Å². The zero-order valence-electron chi connectivity index (χ0n) is 12.4. The van der Waals surface area contributed by atoms with E-state index >= 15 is 0 Å². The summed E-state index contributed by atoms with van der Waals surface area (Å²) in [6, 6.07) is -0.198. The fraction of sp³-hybridized carbons (Fsp3) is 0.857. The molecular weight excluding hydrogens is 260 g/mol. The molecule has 0 aromatic carbocycles. The zero-order chi connectivity index (χ0) is 15.0. The van der Waals surface area contributed by atoms with Crippen LogP contribution in [0.2, 0.25) is 0 Å². The van der Waals surface area contributed by atoms with Crippen LogP contribution in [0.4, 0.5) is 4.79 Å². The van der Waals surface area contributed by atoms with Gasteiger partial charge in [-0.1, -0.05) is 6.92 Å². The van der Waals surface area contributed by atoms with E-state index in [9.17, 15) is 9.59 Å². The van der Waals surface area contributed by atoms with E-state index in [4.69, 9.17) is 9.84 Å². The maximum atomic E-state index is 12.0. The minimum absolute atomic E-state index is 0.198. The fourth-order valence-corrected chi connectivity index (χ4v) is 2.25. The number of ether oxygens (including phenoxy) is 1. The molecule has 116 valence electrons. The Morgan fingerprint density at radius 3 is 2.75 bits per heavy atom. The Kier molecular flexibility index (Phi) is 7.36. The Hall–Kier alpha value is -1.30. The van der Waals surface area contributed by atoms with Gasteiger partial charge < -0.3 is 20.1 Å². The van der Waals surface area contributed by atoms with Gasteiger partial charge in [-0.15, -0.1) is 0 Å². The predicted molar refractivity (Wildman–Crippen MR) is 75.7 cm³/mol. The maximum absolute atomic E-state index is 12.0. The number of amides is 2. The van der Waals surface area contributed by atoms with Gasteiger partial charge in [-0.2, -0.15) is 0 Å². The van der Waals surface area contributed by atoms with E-state index in [1.54, 1.807) is 6.92 Å². The molecule has 0 aliphatic carbocycles. The van der Waals surface area contributed by atoms with E-state index in [-0.39, 0.29) is 18.7 Å². The average molecular weight is 286 g/mol. The summed E-state index contributed by atoms with van der Waals surface area (Å²) in [5.74, 6) is -1.44. The number of hydrogen-bond acceptors (Lipinski definition) is 3. The highest BCUT2D eigenvalue weighted by molar-refractivity contribution is 5.75. The molecule has 1 fully saturated rings. The van der Waals surface area contributed by atoms with E-state index in [0.29, 0.717) is 13.1 Å². The molecule has 0 aromatic heterocycles. The Morgan fingerprint density at radius 2 is 2.20 bits per heavy atom. The highest BCUT2D eigenvalue weighted by Crippen LogP contribution is 2.14. The lowest BCUT2D eigenvalue weighted by Crippen LogP contribution is -2.44. The molecule has 0 saturated carbocycles. The lowest BCUT2D eigenvalue weighted by Gasteiger charge is -2.25. The summed E-state index contributed by atoms with van der Waals surface area (Å²) in [7, 11) is 0. The second-order valence-corrected chi connectivity index (χ2v) is 5.29. The summed E-state index contributed by atoms with van der Waals surface area (Å²) in [6.07, 6.45) is 4.44. The molecule has 0 aromatic rings. The lowest BCUT2D eigenvalue weighted by molar-refractivity contribution is -0.141. The molecule has 1 aliphatic heterocycles. The molecule has 6 heteroatoms. The van der Waals surface area contributed by atoms with Crippen LogP contribution >= 0.6 is 0 Å². The number of nitrogens with one attached hydrogen (secondary N) is 1. The van der Waals surface area contributed by atoms with Crippen LogP contribution in [0.3, 0.4) is 0 Å². The number of carboxylic acids is 1. The third kappa shape index (κ3) is 5.77. The molecule has 0 spiro atoms. The van der Waals surface area contributed by atoms with E-state index in [1.807, 2.05) is 6.92 Å². The van der Waals surface area contributed by atoms with Crippen LogP contribution in [0, 0.1) is 5.92 Å². The van der Waals surface area contributed by atoms with Crippen LogP contribution in [0.15, 0.2) is 0 Å². The topological polar surface area (TPSA) is 78.9 Å². The number of carbonyl (C=O) groups is 2. The highest BCUT2D eigenvalue weighted by Gasteiger charge is 2.19. The molecule has 1 saturated heterocycles. The first-order chi connectivity index (χ1) is 9.54. The molecule has 1 rings (SSSR count). The lowest BCUT2D eigenvalue weighted by atomic mass is 10.1. The smallest absolute Gasteiger partial charge is 0.317 e. The second kappa shape index (κ2) is 8.79. The molecule has 2 N–H and O–H groups in total. The highest BCUT2D eigenvalue weighted by atomic mass is 16.5. The van der Waals surface area contributed by atoms with Gasteiger partial charge in [0.15, 0.2) is 0 Å². The zero-order valence-corrected chi connectivity index (χ0v) is 12.4. The Morgan fingerprint density at radius 1 is 1.45 bits per heavy atom. The molecule has 2 unspecified atom stereocenters. The number of aliphatic carboxylic acids is 1. The van der Waals surface area contributed by atoms with Crippen molar-refractivity contribution in [2.45, 2.75) is 45.6 Å². The molecule has 0 radical (unpaired) electrons. The second-order valence-electron chi connectivity index (χ2n) is 5.29. The van der Waals surface area contributed by atoms with Gasteiger partial charge in [-0.25, -0.2) is 4.79 Å². The first-order valence-electron chi connectivity index (χ1n) is 7.41. The number of nitrogens with zero attached hydrogens (tertiary/aromatic N) is 1. The van der Waals surface area contributed by atoms with Gasteiger partial charge in [0.1, 0.15) is 0 Å². The van der Waals surface area contributed by atoms with Gasteiger partial charge in [-0.05, 0) is 32.6 Å². The first-order valence-corrected chi connectivity index (χ1v) is 7.41. The monoisotopic (exact) mass is 286 g/mol. The third-order valence-corrected chi connectivity index (χ3v) is 3.60. The van der Waals surface area contributed by atoms with E-state index < -0.39 is 11.9 Å². The van der Waals surface area contributed by atoms with Crippen LogP contribution in [0.5, 0.6) is 0 Å². The van der Waals surface area contributed by atoms with Crippen molar-refractivity contribution in [3.63, 3.8) is 0 Å². The number of rotatable bonds is 7. The van der Waals surface area contributed by atoms with Crippen molar-refractivity contribution in [3.05, 3.63) is 0 Å². The Balaban J connectivity index is 2.26. The van der Waals surface area contributed by atoms with Crippen molar-refractivity contribution in [2.24, 2.45) is 5.92 Å². The normalized spacial score (nSPS) is 20.2. The summed E-state index contributed by atoms with van der Waals surface area (Å²) in [5, 5.41) is 11.7. The van der Waals surface area contributed by atoms with Crippen LogP contribution in [0.1, 0.15) is 39.5 Å². The maximum Gasteiger partial charge on any atom is 0.317 e. The largest absolute Gasteiger partial charge is 0.481 e. The standard InChI is InChI=1S/C14H26N2O4/c1-3-16(10-11(2)13(17)18)14(19)15-8-7-12-6-4-5-9-20-12/h11-12H,3-10H2,1-2H3,(H,15,19)(H,17,18). The number of carbonyl (C=O) groups excluding carboxylic acids is 1. The Bertz CT molecular complexity index is 316. The third-order valence-electron chi connectivity index (χ3n) is 3.60. The van der Waals surface area contributed by atoms with Crippen LogP contribution < -0.4 is 5.32 Å². The van der Waals surface area contributed by atoms with E-state index in [2.05, 4.69) is 5.32 Å². The minimum atomic E-state index is -0.883. The van der Waals surface area contributed by atoms with E-state index in [0.717, 1.165) is 25.9 Å². The molecule has 2 atom stereocenters. The van der Waals surface area contributed by atoms with Gasteiger partial charge in [-0.3, -0.25) is 4.79 Å². The summed E-state index contributed by atoms with van der Waals surface area (Å²) < 4.78 is 5.60. The molecule has 1 heterocycles. The van der Waals surface area contributed by atoms with Crippen molar-refractivity contribution in [2.75, 3.05) is 26.2 Å². The van der Waals surface area contributed by atoms with Gasteiger partial charge in [0.05, 0.1) is 12.0 Å². The quantitative estimate of drug-likeness (QED) is 0.746. The molecule has 1 aliphatic rings. The van der Waals surface area contributed by atoms with Gasteiger partial charge >= 0.3 is 12.0 Å². The van der Waals surface area contributed by atoms with Gasteiger partial charge in [0, 0.05) is 26.2 Å². The van der Waals surface area contributed by atoms with Crippen molar-refractivity contribution < 1.29 is 19.4 Å². The summed E-state index contributed by atoms with van der Waals surface area (Å²) in [5.41, 5.74) is 0. The fourth-order valence-electron chi connectivity index (χ4n) is 2.25. The first kappa shape index (κ1) is 16.8. The summed E-state index contributed by atoms with van der Waals surface area (Å²) >= 11 is 0. The van der Waals surface area contributed by atoms with Crippen molar-refractivity contribution >= 4 is 12.0 Å². The Labute approximate surface area is 120 Å². The minimum Gasteiger partial charge on any atom is -0.481 e. The molecule has 6 nitrogen and oxygen atoms in total. The van der Waals surface area contributed by atoms with Crippen molar-refractivity contribution in [1.82, 2.24) is 10.2 Å². The molecule has 20 heavy (non-hydrogen) atoms. The van der Waals surface area contributed by atoms with E-state index in [1.165, 1.54) is 11.3 Å². The summed E-state index contributed by atoms with van der Waals surface area (Å²) in [6.45, 7) is 5.57. The van der Waals surface area contributed by atoms with Crippen LogP contribution in [-0.4, -0.2) is 54.4 Å². The average Bonchev–Trinajstić information content (AvgIpc) is 2.45. The number of urea groups is 1. The molecular formula is C14H26N2O4. The molecule has 2 amide bonds.